The van der Waals surface area contributed by atoms with Gasteiger partial charge in [0.05, 0.1) is 22.3 Å². The van der Waals surface area contributed by atoms with Crippen molar-refractivity contribution in [2.24, 2.45) is 5.92 Å². The number of nitrogens with one attached hydrogen (secondary N) is 1. The van der Waals surface area contributed by atoms with Crippen LogP contribution in [-0.4, -0.2) is 28.5 Å². The number of nitro benzene ring substituents is 1. The molecule has 1 heterocycles. The van der Waals surface area contributed by atoms with Crippen molar-refractivity contribution in [1.82, 2.24) is 0 Å². The quantitative estimate of drug-likeness (QED) is 0.442. The number of anilines is 2. The fourth-order valence-electron chi connectivity index (χ4n) is 4.98. The van der Waals surface area contributed by atoms with Gasteiger partial charge in [-0.15, -0.1) is 11.6 Å². The van der Waals surface area contributed by atoms with Crippen LogP contribution in [-0.2, 0) is 9.59 Å². The standard InChI is InChI=1S/C21H24ClN3O4/c22-12-19(27)24-17-10-9-14(25(28)29)11-16(17)23-15-7-4-8-18(26)20(15)21(24)13-5-2-1-3-6-13/h9-11,13,21,23H,1-8,12H2. The van der Waals surface area contributed by atoms with Crippen LogP contribution in [0.1, 0.15) is 51.4 Å². The summed E-state index contributed by atoms with van der Waals surface area (Å²) in [7, 11) is 0. The van der Waals surface area contributed by atoms with Gasteiger partial charge in [-0.3, -0.25) is 19.7 Å². The first-order valence-corrected chi connectivity index (χ1v) is 10.7. The van der Waals surface area contributed by atoms with Crippen molar-refractivity contribution in [2.45, 2.75) is 57.4 Å². The van der Waals surface area contributed by atoms with E-state index in [2.05, 4.69) is 5.32 Å². The Labute approximate surface area is 174 Å². The smallest absolute Gasteiger partial charge is 0.271 e. The summed E-state index contributed by atoms with van der Waals surface area (Å²) < 4.78 is 0. The fourth-order valence-corrected chi connectivity index (χ4v) is 5.10. The van der Waals surface area contributed by atoms with Crippen molar-refractivity contribution >= 4 is 40.4 Å². The van der Waals surface area contributed by atoms with Gasteiger partial charge in [0.15, 0.2) is 5.78 Å². The number of fused-ring (bicyclic) bond motifs is 1. The van der Waals surface area contributed by atoms with E-state index >= 15 is 0 Å². The maximum absolute atomic E-state index is 13.0. The molecule has 8 heteroatoms. The number of hydrogen-bond acceptors (Lipinski definition) is 5. The maximum atomic E-state index is 13.0. The molecular weight excluding hydrogens is 394 g/mol. The molecule has 1 saturated carbocycles. The Morgan fingerprint density at radius 1 is 1.21 bits per heavy atom. The van der Waals surface area contributed by atoms with Gasteiger partial charge in [0, 0.05) is 29.8 Å². The highest BCUT2D eigenvalue weighted by atomic mass is 35.5. The van der Waals surface area contributed by atoms with Crippen LogP contribution in [0.3, 0.4) is 0 Å². The molecule has 0 saturated heterocycles. The van der Waals surface area contributed by atoms with E-state index in [-0.39, 0.29) is 35.2 Å². The summed E-state index contributed by atoms with van der Waals surface area (Å²) >= 11 is 5.98. The number of carbonyl (C=O) groups excluding carboxylic acids is 2. The van der Waals surface area contributed by atoms with Crippen LogP contribution in [0.5, 0.6) is 0 Å². The van der Waals surface area contributed by atoms with Crippen LogP contribution in [0.2, 0.25) is 0 Å². The largest absolute Gasteiger partial charge is 0.357 e. The first kappa shape index (κ1) is 19.9. The molecule has 0 radical (unpaired) electrons. The molecular formula is C21H24ClN3O4. The van der Waals surface area contributed by atoms with Crippen molar-refractivity contribution in [1.29, 1.82) is 0 Å². The highest BCUT2D eigenvalue weighted by molar-refractivity contribution is 6.30. The average Bonchev–Trinajstić information content (AvgIpc) is 2.88. The average molecular weight is 418 g/mol. The Bertz CT molecular complexity index is 892. The summed E-state index contributed by atoms with van der Waals surface area (Å²) in [6, 6.07) is 4.07. The number of rotatable bonds is 3. The molecule has 154 valence electrons. The Balaban J connectivity index is 1.92. The summed E-state index contributed by atoms with van der Waals surface area (Å²) in [5, 5.41) is 14.6. The van der Waals surface area contributed by atoms with Crippen molar-refractivity contribution in [3.8, 4) is 0 Å². The lowest BCUT2D eigenvalue weighted by Crippen LogP contribution is -2.49. The summed E-state index contributed by atoms with van der Waals surface area (Å²) in [6.45, 7) is 0. The molecule has 1 aromatic carbocycles. The van der Waals surface area contributed by atoms with Crippen LogP contribution in [0.4, 0.5) is 17.1 Å². The summed E-state index contributed by atoms with van der Waals surface area (Å²) in [5.41, 5.74) is 2.44. The Morgan fingerprint density at radius 2 is 1.97 bits per heavy atom. The third-order valence-electron chi connectivity index (χ3n) is 6.25. The number of allylic oxidation sites excluding steroid dienone is 1. The predicted molar refractivity (Wildman–Crippen MR) is 111 cm³/mol. The molecule has 0 spiro atoms. The van der Waals surface area contributed by atoms with Crippen LogP contribution >= 0.6 is 11.6 Å². The van der Waals surface area contributed by atoms with E-state index in [9.17, 15) is 19.7 Å². The summed E-state index contributed by atoms with van der Waals surface area (Å²) in [4.78, 5) is 38.6. The molecule has 1 unspecified atom stereocenters. The number of carbonyl (C=O) groups is 2. The molecule has 1 fully saturated rings. The third-order valence-corrected chi connectivity index (χ3v) is 6.47. The second-order valence-corrected chi connectivity index (χ2v) is 8.26. The topological polar surface area (TPSA) is 92.5 Å². The molecule has 0 bridgehead atoms. The minimum absolute atomic E-state index is 0.0593. The number of benzene rings is 1. The van der Waals surface area contributed by atoms with E-state index in [0.717, 1.165) is 44.2 Å². The van der Waals surface area contributed by atoms with Crippen molar-refractivity contribution in [3.05, 3.63) is 39.6 Å². The normalized spacial score (nSPS) is 22.4. The van der Waals surface area contributed by atoms with Crippen molar-refractivity contribution in [3.63, 3.8) is 0 Å². The Morgan fingerprint density at radius 3 is 2.66 bits per heavy atom. The van der Waals surface area contributed by atoms with E-state index in [1.54, 1.807) is 11.0 Å². The van der Waals surface area contributed by atoms with E-state index in [4.69, 9.17) is 11.6 Å². The Kier molecular flexibility index (Phi) is 5.58. The number of nitro groups is 1. The minimum atomic E-state index is -0.458. The highest BCUT2D eigenvalue weighted by Gasteiger charge is 2.42. The molecule has 0 aromatic heterocycles. The molecule has 1 amide bonds. The summed E-state index contributed by atoms with van der Waals surface area (Å²) in [5.74, 6) is -0.266. The molecule has 1 aliphatic heterocycles. The van der Waals surface area contributed by atoms with Crippen LogP contribution < -0.4 is 10.2 Å². The molecule has 7 nitrogen and oxygen atoms in total. The summed E-state index contributed by atoms with van der Waals surface area (Å²) in [6.07, 6.45) is 7.08. The van der Waals surface area contributed by atoms with Crippen LogP contribution in [0.15, 0.2) is 29.5 Å². The van der Waals surface area contributed by atoms with Crippen LogP contribution in [0, 0.1) is 16.0 Å². The minimum Gasteiger partial charge on any atom is -0.357 e. The molecule has 29 heavy (non-hydrogen) atoms. The molecule has 2 aliphatic carbocycles. The molecule has 4 rings (SSSR count). The number of ketones is 1. The second kappa shape index (κ2) is 8.14. The first-order chi connectivity index (χ1) is 14.0. The van der Waals surface area contributed by atoms with Gasteiger partial charge < -0.3 is 10.2 Å². The molecule has 1 N–H and O–H groups in total. The number of hydrogen-bond donors (Lipinski definition) is 1. The molecule has 3 aliphatic rings. The Hall–Kier alpha value is -2.41. The lowest BCUT2D eigenvalue weighted by molar-refractivity contribution is -0.384. The van der Waals surface area contributed by atoms with Crippen LogP contribution in [0.25, 0.3) is 0 Å². The number of amides is 1. The molecule has 1 atom stereocenters. The lowest BCUT2D eigenvalue weighted by atomic mass is 9.76. The second-order valence-electron chi connectivity index (χ2n) is 7.99. The van der Waals surface area contributed by atoms with Gasteiger partial charge in [-0.1, -0.05) is 19.3 Å². The van der Waals surface area contributed by atoms with E-state index in [0.29, 0.717) is 29.8 Å². The van der Waals surface area contributed by atoms with Crippen molar-refractivity contribution in [2.75, 3.05) is 16.1 Å². The zero-order chi connectivity index (χ0) is 20.5. The van der Waals surface area contributed by atoms with Gasteiger partial charge in [0.1, 0.15) is 5.88 Å². The number of non-ortho nitro benzene ring substituents is 1. The van der Waals surface area contributed by atoms with E-state index in [1.165, 1.54) is 12.1 Å². The van der Waals surface area contributed by atoms with E-state index < -0.39 is 4.92 Å². The van der Waals surface area contributed by atoms with Gasteiger partial charge >= 0.3 is 0 Å². The van der Waals surface area contributed by atoms with E-state index in [1.807, 2.05) is 0 Å². The number of Topliss-reactive ketones (excluding diaryl/α,β-unsaturated/α-hetero) is 1. The maximum Gasteiger partial charge on any atom is 0.271 e. The van der Waals surface area contributed by atoms with Gasteiger partial charge in [-0.25, -0.2) is 0 Å². The highest BCUT2D eigenvalue weighted by Crippen LogP contribution is 2.44. The number of alkyl halides is 1. The molecule has 1 aromatic rings. The van der Waals surface area contributed by atoms with Gasteiger partial charge in [-0.2, -0.15) is 0 Å². The monoisotopic (exact) mass is 417 g/mol. The van der Waals surface area contributed by atoms with Crippen molar-refractivity contribution < 1.29 is 14.5 Å². The zero-order valence-electron chi connectivity index (χ0n) is 16.2. The number of nitrogens with zero attached hydrogens (tertiary/aromatic N) is 2. The first-order valence-electron chi connectivity index (χ1n) is 10.2. The fraction of sp³-hybridized carbons (Fsp3) is 0.524. The zero-order valence-corrected chi connectivity index (χ0v) is 16.9. The predicted octanol–water partition coefficient (Wildman–Crippen LogP) is 4.55. The van der Waals surface area contributed by atoms with Gasteiger partial charge in [-0.05, 0) is 37.7 Å². The number of halogens is 1. The SMILES string of the molecule is O=C1CCCC2=C1C(C1CCCCC1)N(C(=O)CCl)c1ccc([N+](=O)[O-])cc1N2. The third kappa shape index (κ3) is 3.64. The lowest BCUT2D eigenvalue weighted by Gasteiger charge is -2.39. The van der Waals surface area contributed by atoms with Gasteiger partial charge in [0.2, 0.25) is 5.91 Å². The van der Waals surface area contributed by atoms with Gasteiger partial charge in [0.25, 0.3) is 5.69 Å².